The second kappa shape index (κ2) is 6.70. The molecule has 132 valence electrons. The molecule has 3 heteroatoms. The Hall–Kier alpha value is -1.64. The summed E-state index contributed by atoms with van der Waals surface area (Å²) < 4.78 is 0. The van der Waals surface area contributed by atoms with Crippen LogP contribution in [0.25, 0.3) is 0 Å². The number of aryl methyl sites for hydroxylation is 3. The maximum atomic E-state index is 13.6. The molecule has 1 aromatic rings. The van der Waals surface area contributed by atoms with Crippen LogP contribution in [0.15, 0.2) is 12.1 Å². The summed E-state index contributed by atoms with van der Waals surface area (Å²) in [5, 5.41) is 9.93. The van der Waals surface area contributed by atoms with Crippen LogP contribution in [0, 0.1) is 26.2 Å². The van der Waals surface area contributed by atoms with E-state index >= 15 is 0 Å². The fraction of sp³-hybridized carbons (Fsp3) is 0.619. The Morgan fingerprint density at radius 3 is 2.00 bits per heavy atom. The van der Waals surface area contributed by atoms with Gasteiger partial charge in [-0.3, -0.25) is 9.59 Å². The Morgan fingerprint density at radius 2 is 1.58 bits per heavy atom. The van der Waals surface area contributed by atoms with Crippen LogP contribution in [0.2, 0.25) is 0 Å². The fourth-order valence-corrected chi connectivity index (χ4v) is 4.72. The Balaban J connectivity index is 2.60. The molecule has 0 bridgehead atoms. The first-order chi connectivity index (χ1) is 11.2. The topological polar surface area (TPSA) is 54.4 Å². The number of ketones is 1. The molecule has 1 aromatic carbocycles. The Bertz CT molecular complexity index is 630. The van der Waals surface area contributed by atoms with Crippen LogP contribution in [0.3, 0.4) is 0 Å². The SMILES string of the molecule is CCC(C)(C(=O)C1(C(=O)O)CCCCC1)c1c(C)cc(C)cc1C. The van der Waals surface area contributed by atoms with Crippen molar-refractivity contribution in [3.8, 4) is 0 Å². The Labute approximate surface area is 145 Å². The van der Waals surface area contributed by atoms with Crippen molar-refractivity contribution >= 4 is 11.8 Å². The van der Waals surface area contributed by atoms with E-state index in [1.54, 1.807) is 0 Å². The van der Waals surface area contributed by atoms with Gasteiger partial charge in [0.05, 0.1) is 5.41 Å². The summed E-state index contributed by atoms with van der Waals surface area (Å²) in [5.41, 5.74) is 2.39. The Kier molecular flexibility index (Phi) is 5.22. The molecular formula is C21H30O3. The zero-order valence-electron chi connectivity index (χ0n) is 15.7. The molecule has 1 fully saturated rings. The van der Waals surface area contributed by atoms with Gasteiger partial charge in [-0.1, -0.05) is 43.9 Å². The molecule has 1 aliphatic rings. The van der Waals surface area contributed by atoms with Gasteiger partial charge >= 0.3 is 5.97 Å². The number of carbonyl (C=O) groups excluding carboxylic acids is 1. The molecule has 0 aromatic heterocycles. The summed E-state index contributed by atoms with van der Waals surface area (Å²) in [6, 6.07) is 4.19. The van der Waals surface area contributed by atoms with E-state index in [0.717, 1.165) is 36.0 Å². The molecule has 1 saturated carbocycles. The third-order valence-corrected chi connectivity index (χ3v) is 5.99. The highest BCUT2D eigenvalue weighted by Crippen LogP contribution is 2.46. The third kappa shape index (κ3) is 2.89. The lowest BCUT2D eigenvalue weighted by Crippen LogP contribution is -2.50. The van der Waals surface area contributed by atoms with E-state index in [2.05, 4.69) is 19.1 Å². The molecule has 1 atom stereocenters. The summed E-state index contributed by atoms with van der Waals surface area (Å²) in [6.07, 6.45) is 4.23. The minimum absolute atomic E-state index is 0.0975. The van der Waals surface area contributed by atoms with Crippen molar-refractivity contribution < 1.29 is 14.7 Å². The normalized spacial score (nSPS) is 19.5. The monoisotopic (exact) mass is 330 g/mol. The predicted molar refractivity (Wildman–Crippen MR) is 96.5 cm³/mol. The third-order valence-electron chi connectivity index (χ3n) is 5.99. The van der Waals surface area contributed by atoms with Crippen molar-refractivity contribution in [3.05, 3.63) is 34.4 Å². The number of carboxylic acid groups (broad SMARTS) is 1. The van der Waals surface area contributed by atoms with Gasteiger partial charge in [-0.15, -0.1) is 0 Å². The number of carboxylic acids is 1. The van der Waals surface area contributed by atoms with E-state index in [0.29, 0.717) is 19.3 Å². The number of benzene rings is 1. The van der Waals surface area contributed by atoms with Crippen LogP contribution < -0.4 is 0 Å². The zero-order valence-corrected chi connectivity index (χ0v) is 15.7. The largest absolute Gasteiger partial charge is 0.480 e. The molecule has 0 spiro atoms. The molecule has 3 nitrogen and oxygen atoms in total. The first kappa shape index (κ1) is 18.7. The lowest BCUT2D eigenvalue weighted by molar-refractivity contribution is -0.159. The highest BCUT2D eigenvalue weighted by atomic mass is 16.4. The molecule has 0 radical (unpaired) electrons. The molecular weight excluding hydrogens is 300 g/mol. The van der Waals surface area contributed by atoms with Crippen LogP contribution in [0.4, 0.5) is 0 Å². The lowest BCUT2D eigenvalue weighted by atomic mass is 9.60. The van der Waals surface area contributed by atoms with Gasteiger partial charge in [0.1, 0.15) is 5.41 Å². The van der Waals surface area contributed by atoms with Crippen LogP contribution in [-0.4, -0.2) is 16.9 Å². The lowest BCUT2D eigenvalue weighted by Gasteiger charge is -2.41. The van der Waals surface area contributed by atoms with Crippen LogP contribution in [-0.2, 0) is 15.0 Å². The van der Waals surface area contributed by atoms with E-state index in [1.807, 2.05) is 27.7 Å². The van der Waals surface area contributed by atoms with Crippen LogP contribution in [0.5, 0.6) is 0 Å². The molecule has 1 aliphatic carbocycles. The van der Waals surface area contributed by atoms with Gasteiger partial charge < -0.3 is 5.11 Å². The Morgan fingerprint density at radius 1 is 1.08 bits per heavy atom. The van der Waals surface area contributed by atoms with Crippen molar-refractivity contribution in [2.24, 2.45) is 5.41 Å². The number of carbonyl (C=O) groups is 2. The van der Waals surface area contributed by atoms with Crippen molar-refractivity contribution in [1.82, 2.24) is 0 Å². The van der Waals surface area contributed by atoms with Crippen molar-refractivity contribution in [2.75, 3.05) is 0 Å². The van der Waals surface area contributed by atoms with E-state index in [4.69, 9.17) is 0 Å². The number of Topliss-reactive ketones (excluding diaryl/α,β-unsaturated/α-hetero) is 1. The standard InChI is InChI=1S/C21H30O3/c1-6-20(5,17-15(3)12-14(2)13-16(17)4)18(22)21(19(23)24)10-8-7-9-11-21/h12-13H,6-11H2,1-5H3,(H,23,24). The molecule has 0 saturated heterocycles. The summed E-state index contributed by atoms with van der Waals surface area (Å²) in [4.78, 5) is 25.7. The van der Waals surface area contributed by atoms with Crippen molar-refractivity contribution in [1.29, 1.82) is 0 Å². The molecule has 24 heavy (non-hydrogen) atoms. The molecule has 0 heterocycles. The predicted octanol–water partition coefficient (Wildman–Crippen LogP) is 4.88. The van der Waals surface area contributed by atoms with Gasteiger partial charge in [-0.2, -0.15) is 0 Å². The van der Waals surface area contributed by atoms with Crippen molar-refractivity contribution in [2.45, 2.75) is 78.6 Å². The molecule has 1 N–H and O–H groups in total. The second-order valence-corrected chi connectivity index (χ2v) is 7.74. The molecule has 2 rings (SSSR count). The van der Waals surface area contributed by atoms with Gasteiger partial charge in [0.15, 0.2) is 5.78 Å². The summed E-state index contributed by atoms with van der Waals surface area (Å²) in [6.45, 7) is 10.1. The number of rotatable bonds is 5. The summed E-state index contributed by atoms with van der Waals surface area (Å²) >= 11 is 0. The minimum Gasteiger partial charge on any atom is -0.480 e. The number of aliphatic carboxylic acids is 1. The van der Waals surface area contributed by atoms with Gasteiger partial charge in [-0.05, 0) is 63.6 Å². The van der Waals surface area contributed by atoms with Gasteiger partial charge in [0.25, 0.3) is 0 Å². The average molecular weight is 330 g/mol. The van der Waals surface area contributed by atoms with Crippen molar-refractivity contribution in [3.63, 3.8) is 0 Å². The van der Waals surface area contributed by atoms with E-state index in [9.17, 15) is 14.7 Å². The molecule has 0 amide bonds. The number of hydrogen-bond acceptors (Lipinski definition) is 2. The molecule has 0 aliphatic heterocycles. The zero-order chi connectivity index (χ0) is 18.1. The van der Waals surface area contributed by atoms with E-state index in [1.165, 1.54) is 5.56 Å². The van der Waals surface area contributed by atoms with Crippen LogP contribution in [0.1, 0.15) is 74.6 Å². The maximum absolute atomic E-state index is 13.6. The molecule has 1 unspecified atom stereocenters. The first-order valence-electron chi connectivity index (χ1n) is 9.05. The smallest absolute Gasteiger partial charge is 0.317 e. The van der Waals surface area contributed by atoms with Gasteiger partial charge in [0.2, 0.25) is 0 Å². The highest BCUT2D eigenvalue weighted by molar-refractivity contribution is 6.08. The number of hydrogen-bond donors (Lipinski definition) is 1. The van der Waals surface area contributed by atoms with E-state index in [-0.39, 0.29) is 5.78 Å². The van der Waals surface area contributed by atoms with Gasteiger partial charge in [-0.25, -0.2) is 0 Å². The average Bonchev–Trinajstić information content (AvgIpc) is 2.53. The highest BCUT2D eigenvalue weighted by Gasteiger charge is 2.53. The quantitative estimate of drug-likeness (QED) is 0.783. The van der Waals surface area contributed by atoms with Gasteiger partial charge in [0, 0.05) is 0 Å². The minimum atomic E-state index is -1.22. The summed E-state index contributed by atoms with van der Waals surface area (Å²) in [5.74, 6) is -1.03. The second-order valence-electron chi connectivity index (χ2n) is 7.74. The maximum Gasteiger partial charge on any atom is 0.317 e. The fourth-order valence-electron chi connectivity index (χ4n) is 4.72. The first-order valence-corrected chi connectivity index (χ1v) is 9.05. The van der Waals surface area contributed by atoms with Crippen LogP contribution >= 0.6 is 0 Å². The summed E-state index contributed by atoms with van der Waals surface area (Å²) in [7, 11) is 0. The van der Waals surface area contributed by atoms with E-state index < -0.39 is 16.8 Å².